The van der Waals surface area contributed by atoms with Gasteiger partial charge in [-0.1, -0.05) is 6.07 Å². The van der Waals surface area contributed by atoms with E-state index in [0.717, 1.165) is 12.3 Å². The Bertz CT molecular complexity index is 1110. The van der Waals surface area contributed by atoms with Crippen molar-refractivity contribution in [1.82, 2.24) is 0 Å². The number of aliphatic hydroxyl groups is 4. The smallest absolute Gasteiger partial charge is 0.334 e. The number of rotatable bonds is 7. The topological polar surface area (TPSA) is 213 Å². The zero-order valence-electron chi connectivity index (χ0n) is 20.3. The van der Waals surface area contributed by atoms with E-state index in [1.165, 1.54) is 31.2 Å². The molecule has 13 heteroatoms. The van der Waals surface area contributed by atoms with Gasteiger partial charge in [-0.25, -0.2) is 9.59 Å². The van der Waals surface area contributed by atoms with Gasteiger partial charge in [0.2, 0.25) is 12.6 Å². The molecular weight excluding hydrogens is 508 g/mol. The Kier molecular flexibility index (Phi) is 7.97. The molecule has 1 aromatic rings. The van der Waals surface area contributed by atoms with Crippen LogP contribution in [0.1, 0.15) is 25.3 Å². The summed E-state index contributed by atoms with van der Waals surface area (Å²) in [5.41, 5.74) is -1.07. The van der Waals surface area contributed by atoms with Gasteiger partial charge in [0, 0.05) is 12.0 Å². The maximum atomic E-state index is 12.6. The Balaban J connectivity index is 1.55. The average molecular weight is 539 g/mol. The Morgan fingerprint density at radius 3 is 2.55 bits per heavy atom. The maximum absolute atomic E-state index is 12.6. The van der Waals surface area contributed by atoms with E-state index < -0.39 is 78.7 Å². The van der Waals surface area contributed by atoms with E-state index >= 15 is 0 Å². The molecule has 208 valence electrons. The van der Waals surface area contributed by atoms with Crippen LogP contribution >= 0.6 is 0 Å². The number of hydrogen-bond donors (Lipinski definition) is 7. The van der Waals surface area contributed by atoms with Crippen LogP contribution in [0.2, 0.25) is 0 Å². The molecule has 13 nitrogen and oxygen atoms in total. The summed E-state index contributed by atoms with van der Waals surface area (Å²) in [5, 5.41) is 70.1. The summed E-state index contributed by atoms with van der Waals surface area (Å²) >= 11 is 0. The molecule has 9 atom stereocenters. The Hall–Kier alpha value is -3.20. The number of esters is 1. The van der Waals surface area contributed by atoms with Crippen molar-refractivity contribution in [3.8, 4) is 11.5 Å². The van der Waals surface area contributed by atoms with Crippen LogP contribution in [0.15, 0.2) is 36.1 Å². The number of carboxylic acids is 1. The van der Waals surface area contributed by atoms with Gasteiger partial charge in [-0.15, -0.1) is 0 Å². The molecule has 0 radical (unpaired) electrons. The fourth-order valence-electron chi connectivity index (χ4n) is 5.10. The summed E-state index contributed by atoms with van der Waals surface area (Å²) in [6.45, 7) is 0.809. The molecule has 7 N–H and O–H groups in total. The number of aliphatic carboxylic acids is 1. The van der Waals surface area contributed by atoms with Crippen molar-refractivity contribution in [2.75, 3.05) is 6.61 Å². The van der Waals surface area contributed by atoms with Crippen LogP contribution < -0.4 is 0 Å². The van der Waals surface area contributed by atoms with Gasteiger partial charge in [-0.3, -0.25) is 0 Å². The molecule has 0 bridgehead atoms. The predicted molar refractivity (Wildman–Crippen MR) is 125 cm³/mol. The highest BCUT2D eigenvalue weighted by Gasteiger charge is 2.56. The van der Waals surface area contributed by atoms with Crippen molar-refractivity contribution in [1.29, 1.82) is 0 Å². The van der Waals surface area contributed by atoms with Crippen molar-refractivity contribution in [2.45, 2.75) is 62.4 Å². The molecule has 3 aliphatic rings. The number of benzene rings is 1. The van der Waals surface area contributed by atoms with Crippen molar-refractivity contribution in [3.63, 3.8) is 0 Å². The highest BCUT2D eigenvalue weighted by molar-refractivity contribution is 5.87. The predicted octanol–water partition coefficient (Wildman–Crippen LogP) is -0.420. The summed E-state index contributed by atoms with van der Waals surface area (Å²) in [6.07, 6.45) is -5.32. The minimum Gasteiger partial charge on any atom is -0.504 e. The van der Waals surface area contributed by atoms with Crippen molar-refractivity contribution >= 4 is 18.0 Å². The molecule has 2 aliphatic heterocycles. The van der Waals surface area contributed by atoms with Crippen LogP contribution in [0, 0.1) is 11.8 Å². The van der Waals surface area contributed by atoms with Gasteiger partial charge in [-0.2, -0.15) is 0 Å². The van der Waals surface area contributed by atoms with E-state index in [2.05, 4.69) is 0 Å². The van der Waals surface area contributed by atoms with E-state index in [4.69, 9.17) is 18.9 Å². The molecule has 0 amide bonds. The Morgan fingerprint density at radius 1 is 1.16 bits per heavy atom. The van der Waals surface area contributed by atoms with Crippen LogP contribution in [0.5, 0.6) is 11.5 Å². The van der Waals surface area contributed by atoms with Crippen LogP contribution in [0.3, 0.4) is 0 Å². The lowest BCUT2D eigenvalue weighted by molar-refractivity contribution is -0.346. The zero-order valence-corrected chi connectivity index (χ0v) is 20.3. The van der Waals surface area contributed by atoms with E-state index in [0.29, 0.717) is 12.0 Å². The number of hydrogen-bond acceptors (Lipinski definition) is 12. The quantitative estimate of drug-likeness (QED) is 0.134. The van der Waals surface area contributed by atoms with Crippen LogP contribution in [-0.4, -0.2) is 96.9 Å². The van der Waals surface area contributed by atoms with Crippen LogP contribution in [0.25, 0.3) is 6.08 Å². The second-order valence-corrected chi connectivity index (χ2v) is 9.74. The number of ether oxygens (including phenoxy) is 4. The van der Waals surface area contributed by atoms with Gasteiger partial charge in [0.15, 0.2) is 17.6 Å². The lowest BCUT2D eigenvalue weighted by Crippen LogP contribution is -2.61. The van der Waals surface area contributed by atoms with E-state index in [-0.39, 0.29) is 17.7 Å². The number of carbonyl (C=O) groups is 2. The van der Waals surface area contributed by atoms with Gasteiger partial charge in [0.1, 0.15) is 18.3 Å². The standard InChI is InChI=1S/C25H30O13/c1-25(34)7-6-12-13(22(32)33)10-35-23(18(12)25)38-24-21(20(31)19(30)16(9-26)36-24)37-17(29)5-3-11-2-4-14(27)15(28)8-11/h2-5,8,10,12,16,18-21,23-24,26-28,30-31,34H,6-7,9H2,1H3,(H,32,33). The number of carboxylic acid groups (broad SMARTS) is 1. The minimum atomic E-state index is -1.76. The molecule has 0 spiro atoms. The number of fused-ring (bicyclic) bond motifs is 1. The fraction of sp³-hybridized carbons (Fsp3) is 0.520. The Morgan fingerprint density at radius 2 is 1.89 bits per heavy atom. The molecule has 0 aromatic heterocycles. The van der Waals surface area contributed by atoms with Crippen molar-refractivity contribution in [3.05, 3.63) is 41.7 Å². The molecule has 1 saturated carbocycles. The third-order valence-corrected chi connectivity index (χ3v) is 7.14. The number of phenols is 2. The first-order valence-electron chi connectivity index (χ1n) is 11.9. The van der Waals surface area contributed by atoms with Gasteiger partial charge in [0.25, 0.3) is 0 Å². The molecule has 2 fully saturated rings. The Labute approximate surface area is 216 Å². The van der Waals surface area contributed by atoms with Crippen LogP contribution in [-0.2, 0) is 28.5 Å². The molecule has 9 unspecified atom stereocenters. The second-order valence-electron chi connectivity index (χ2n) is 9.74. The molecule has 4 rings (SSSR count). The van der Waals surface area contributed by atoms with Gasteiger partial charge < -0.3 is 54.7 Å². The summed E-state index contributed by atoms with van der Waals surface area (Å²) in [5.74, 6) is -4.41. The summed E-state index contributed by atoms with van der Waals surface area (Å²) in [4.78, 5) is 24.2. The highest BCUT2D eigenvalue weighted by Crippen LogP contribution is 2.49. The first-order valence-corrected chi connectivity index (χ1v) is 11.9. The lowest BCUT2D eigenvalue weighted by Gasteiger charge is -2.44. The molecule has 2 heterocycles. The minimum absolute atomic E-state index is 0.0331. The van der Waals surface area contributed by atoms with Gasteiger partial charge >= 0.3 is 11.9 Å². The van der Waals surface area contributed by atoms with E-state index in [9.17, 15) is 45.3 Å². The normalized spacial score (nSPS) is 36.8. The molecule has 1 saturated heterocycles. The highest BCUT2D eigenvalue weighted by atomic mass is 16.8. The molecule has 1 aliphatic carbocycles. The SMILES string of the molecule is CC1(O)CCC2C(C(=O)O)=COC(OC3OC(CO)C(O)C(O)C3OC(=O)C=Cc3ccc(O)c(O)c3)C21. The number of aliphatic hydroxyl groups excluding tert-OH is 3. The number of aromatic hydroxyl groups is 2. The summed E-state index contributed by atoms with van der Waals surface area (Å²) < 4.78 is 22.3. The van der Waals surface area contributed by atoms with E-state index in [1.54, 1.807) is 0 Å². The van der Waals surface area contributed by atoms with E-state index in [1.807, 2.05) is 0 Å². The second kappa shape index (κ2) is 10.9. The van der Waals surface area contributed by atoms with Crippen LogP contribution in [0.4, 0.5) is 0 Å². The maximum Gasteiger partial charge on any atom is 0.334 e. The molecular formula is C25H30O13. The third-order valence-electron chi connectivity index (χ3n) is 7.14. The van der Waals surface area contributed by atoms with Crippen molar-refractivity contribution in [2.24, 2.45) is 11.8 Å². The number of carbonyl (C=O) groups excluding carboxylic acids is 1. The van der Waals surface area contributed by atoms with Gasteiger partial charge in [-0.05, 0) is 43.5 Å². The third kappa shape index (κ3) is 5.48. The molecule has 38 heavy (non-hydrogen) atoms. The summed E-state index contributed by atoms with van der Waals surface area (Å²) in [6, 6.07) is 3.83. The first-order chi connectivity index (χ1) is 17.9. The average Bonchev–Trinajstić information content (AvgIpc) is 3.19. The van der Waals surface area contributed by atoms with Crippen molar-refractivity contribution < 1.29 is 64.3 Å². The first kappa shape index (κ1) is 27.8. The monoisotopic (exact) mass is 538 g/mol. The lowest BCUT2D eigenvalue weighted by atomic mass is 9.81. The summed E-state index contributed by atoms with van der Waals surface area (Å²) in [7, 11) is 0. The fourth-order valence-corrected chi connectivity index (χ4v) is 5.10. The zero-order chi connectivity index (χ0) is 27.8. The molecule has 1 aromatic carbocycles. The van der Waals surface area contributed by atoms with Gasteiger partial charge in [0.05, 0.1) is 30.0 Å². The number of phenolic OH excluding ortho intramolecular Hbond substituents is 2. The largest absolute Gasteiger partial charge is 0.504 e.